The Morgan fingerprint density at radius 2 is 1.57 bits per heavy atom. The molecule has 0 amide bonds. The number of fused-ring (bicyclic) bond motifs is 2. The molecule has 2 heterocycles. The average Bonchev–Trinajstić information content (AvgIpc) is 3.35. The van der Waals surface area contributed by atoms with Gasteiger partial charge in [0.05, 0.1) is 11.0 Å². The molecular weight excluding hydrogens is 438 g/mol. The standard InChI is InChI=1S/C29H29N3O3/c33-32(34)23-17-15-22(16-18-23)29-26-27(30-35-29)24-13-7-8-14-25(24)31(19-20-9-3-1-4-10-20)28(26)21-11-5-2-6-12-21/h1-6,9-12,15-18,24-25,28-30H,7-8,13-14,19H2. The fraction of sp³-hybridized carbons (Fsp3) is 0.310. The molecular formula is C29H29N3O3. The van der Waals surface area contributed by atoms with E-state index in [4.69, 9.17) is 4.84 Å². The van der Waals surface area contributed by atoms with Crippen LogP contribution in [0.3, 0.4) is 0 Å². The maximum atomic E-state index is 11.2. The number of non-ortho nitro benzene ring substituents is 1. The normalized spacial score (nSPS) is 26.1. The summed E-state index contributed by atoms with van der Waals surface area (Å²) < 4.78 is 0. The molecule has 0 bridgehead atoms. The van der Waals surface area contributed by atoms with Crippen LogP contribution in [0, 0.1) is 16.0 Å². The topological polar surface area (TPSA) is 67.6 Å². The fourth-order valence-electron chi connectivity index (χ4n) is 6.21. The SMILES string of the molecule is O=[N+]([O-])c1ccc(C2ONC3=C2C(c2ccccc2)N(Cc2ccccc2)C2CCCCC32)cc1. The molecule has 178 valence electrons. The first-order chi connectivity index (χ1) is 17.2. The summed E-state index contributed by atoms with van der Waals surface area (Å²) in [4.78, 5) is 19.8. The molecule has 3 aliphatic rings. The third kappa shape index (κ3) is 4.03. The van der Waals surface area contributed by atoms with Crippen molar-refractivity contribution in [3.05, 3.63) is 123 Å². The number of nitro benzene ring substituents is 1. The zero-order valence-electron chi connectivity index (χ0n) is 19.5. The molecule has 0 saturated heterocycles. The smallest absolute Gasteiger partial charge is 0.269 e. The molecule has 0 radical (unpaired) electrons. The summed E-state index contributed by atoms with van der Waals surface area (Å²) in [7, 11) is 0. The second-order valence-electron chi connectivity index (χ2n) is 9.75. The van der Waals surface area contributed by atoms with Crippen LogP contribution in [-0.2, 0) is 11.4 Å². The Hall–Kier alpha value is -3.48. The van der Waals surface area contributed by atoms with E-state index in [9.17, 15) is 10.1 Å². The summed E-state index contributed by atoms with van der Waals surface area (Å²) in [6, 6.07) is 28.7. The maximum absolute atomic E-state index is 11.2. The Bertz CT molecular complexity index is 1230. The Labute approximate surface area is 205 Å². The molecule has 1 N–H and O–H groups in total. The predicted molar refractivity (Wildman–Crippen MR) is 134 cm³/mol. The van der Waals surface area contributed by atoms with Crippen molar-refractivity contribution in [3.63, 3.8) is 0 Å². The fourth-order valence-corrected chi connectivity index (χ4v) is 6.21. The van der Waals surface area contributed by atoms with E-state index in [2.05, 4.69) is 71.0 Å². The van der Waals surface area contributed by atoms with Crippen molar-refractivity contribution in [2.45, 2.75) is 50.4 Å². The first kappa shape index (κ1) is 22.0. The quantitative estimate of drug-likeness (QED) is 0.355. The highest BCUT2D eigenvalue weighted by Gasteiger charge is 2.49. The first-order valence-corrected chi connectivity index (χ1v) is 12.5. The van der Waals surface area contributed by atoms with Crippen LogP contribution in [0.2, 0.25) is 0 Å². The highest BCUT2D eigenvalue weighted by Crippen LogP contribution is 2.53. The number of hydrogen-bond acceptors (Lipinski definition) is 5. The lowest BCUT2D eigenvalue weighted by atomic mass is 9.73. The van der Waals surface area contributed by atoms with E-state index in [1.54, 1.807) is 12.1 Å². The van der Waals surface area contributed by atoms with Crippen molar-refractivity contribution in [2.24, 2.45) is 5.92 Å². The Morgan fingerprint density at radius 3 is 2.29 bits per heavy atom. The molecule has 1 aliphatic carbocycles. The Balaban J connectivity index is 1.48. The van der Waals surface area contributed by atoms with Crippen molar-refractivity contribution in [1.29, 1.82) is 0 Å². The van der Waals surface area contributed by atoms with Crippen LogP contribution >= 0.6 is 0 Å². The van der Waals surface area contributed by atoms with Crippen molar-refractivity contribution in [2.75, 3.05) is 0 Å². The molecule has 3 aromatic carbocycles. The molecule has 6 nitrogen and oxygen atoms in total. The van der Waals surface area contributed by atoms with Gasteiger partial charge in [0.15, 0.2) is 0 Å². The lowest BCUT2D eigenvalue weighted by Crippen LogP contribution is -2.50. The minimum atomic E-state index is -0.357. The molecule has 6 heteroatoms. The zero-order valence-corrected chi connectivity index (χ0v) is 19.5. The van der Waals surface area contributed by atoms with Gasteiger partial charge < -0.3 is 0 Å². The van der Waals surface area contributed by atoms with Gasteiger partial charge in [0, 0.05) is 41.9 Å². The highest BCUT2D eigenvalue weighted by molar-refractivity contribution is 5.44. The second kappa shape index (κ2) is 9.29. The number of hydrogen-bond donors (Lipinski definition) is 1. The van der Waals surface area contributed by atoms with Crippen molar-refractivity contribution in [3.8, 4) is 0 Å². The number of nitrogens with one attached hydrogen (secondary N) is 1. The van der Waals surface area contributed by atoms with Crippen LogP contribution in [0.1, 0.15) is 54.5 Å². The summed E-state index contributed by atoms with van der Waals surface area (Å²) in [5.41, 5.74) is 9.39. The summed E-state index contributed by atoms with van der Waals surface area (Å²) in [6.45, 7) is 0.866. The van der Waals surface area contributed by atoms with Gasteiger partial charge in [0.1, 0.15) is 6.10 Å². The van der Waals surface area contributed by atoms with Gasteiger partial charge >= 0.3 is 0 Å². The van der Waals surface area contributed by atoms with Crippen LogP contribution in [0.4, 0.5) is 5.69 Å². The summed E-state index contributed by atoms with van der Waals surface area (Å²) >= 11 is 0. The summed E-state index contributed by atoms with van der Waals surface area (Å²) in [5.74, 6) is 0.394. The molecule has 1 fully saturated rings. The van der Waals surface area contributed by atoms with Crippen LogP contribution in [0.15, 0.2) is 96.2 Å². The van der Waals surface area contributed by atoms with Crippen LogP contribution in [0.5, 0.6) is 0 Å². The molecule has 35 heavy (non-hydrogen) atoms. The first-order valence-electron chi connectivity index (χ1n) is 12.5. The van der Waals surface area contributed by atoms with Crippen LogP contribution < -0.4 is 5.48 Å². The lowest BCUT2D eigenvalue weighted by Gasteiger charge is -2.49. The number of nitrogens with zero attached hydrogens (tertiary/aromatic N) is 2. The van der Waals surface area contributed by atoms with Gasteiger partial charge in [-0.25, -0.2) is 0 Å². The van der Waals surface area contributed by atoms with Crippen molar-refractivity contribution >= 4 is 5.69 Å². The minimum absolute atomic E-state index is 0.0564. The van der Waals surface area contributed by atoms with Gasteiger partial charge in [-0.15, -0.1) is 0 Å². The van der Waals surface area contributed by atoms with Crippen molar-refractivity contribution < 1.29 is 9.76 Å². The molecule has 3 aromatic rings. The average molecular weight is 468 g/mol. The van der Waals surface area contributed by atoms with Crippen molar-refractivity contribution in [1.82, 2.24) is 10.4 Å². The van der Waals surface area contributed by atoms with E-state index in [-0.39, 0.29) is 22.8 Å². The molecule has 6 rings (SSSR count). The van der Waals surface area contributed by atoms with E-state index in [1.165, 1.54) is 41.7 Å². The van der Waals surface area contributed by atoms with Gasteiger partial charge in [-0.1, -0.05) is 73.5 Å². The van der Waals surface area contributed by atoms with E-state index < -0.39 is 0 Å². The minimum Gasteiger partial charge on any atom is -0.285 e. The zero-order chi connectivity index (χ0) is 23.8. The number of benzene rings is 3. The molecule has 4 unspecified atom stereocenters. The molecule has 0 aromatic heterocycles. The van der Waals surface area contributed by atoms with Gasteiger partial charge in [-0.05, 0) is 41.7 Å². The van der Waals surface area contributed by atoms with Gasteiger partial charge in [-0.3, -0.25) is 25.3 Å². The van der Waals surface area contributed by atoms with Crippen LogP contribution in [0.25, 0.3) is 0 Å². The number of hydroxylamine groups is 1. The largest absolute Gasteiger partial charge is 0.285 e. The Morgan fingerprint density at radius 1 is 0.886 bits per heavy atom. The number of rotatable bonds is 5. The summed E-state index contributed by atoms with van der Waals surface area (Å²) in [6.07, 6.45) is 4.47. The summed E-state index contributed by atoms with van der Waals surface area (Å²) in [5, 5.41) is 11.2. The third-order valence-corrected chi connectivity index (χ3v) is 7.76. The molecule has 1 saturated carbocycles. The van der Waals surface area contributed by atoms with E-state index >= 15 is 0 Å². The van der Waals surface area contributed by atoms with Gasteiger partial charge in [0.2, 0.25) is 0 Å². The molecule has 2 aliphatic heterocycles. The molecule has 4 atom stereocenters. The number of nitro groups is 1. The second-order valence-corrected chi connectivity index (χ2v) is 9.75. The van der Waals surface area contributed by atoms with E-state index in [0.717, 1.165) is 18.5 Å². The van der Waals surface area contributed by atoms with Gasteiger partial charge in [0.25, 0.3) is 5.69 Å². The van der Waals surface area contributed by atoms with E-state index in [1.807, 2.05) is 12.1 Å². The van der Waals surface area contributed by atoms with Crippen LogP contribution in [-0.4, -0.2) is 15.9 Å². The molecule has 0 spiro atoms. The maximum Gasteiger partial charge on any atom is 0.269 e. The highest BCUT2D eigenvalue weighted by atomic mass is 16.7. The van der Waals surface area contributed by atoms with E-state index in [0.29, 0.717) is 12.0 Å². The predicted octanol–water partition coefficient (Wildman–Crippen LogP) is 6.24. The Kier molecular flexibility index (Phi) is 5.84. The lowest BCUT2D eigenvalue weighted by molar-refractivity contribution is -0.384. The third-order valence-electron chi connectivity index (χ3n) is 7.76. The van der Waals surface area contributed by atoms with Gasteiger partial charge in [-0.2, -0.15) is 0 Å². The monoisotopic (exact) mass is 467 g/mol.